The van der Waals surface area contributed by atoms with Crippen molar-refractivity contribution >= 4 is 0 Å². The second kappa shape index (κ2) is 28.9. The van der Waals surface area contributed by atoms with Gasteiger partial charge in [-0.3, -0.25) is 24.5 Å². The molecule has 0 aromatic heterocycles. The highest BCUT2D eigenvalue weighted by Gasteiger charge is 2.36. The normalized spacial score (nSPS) is 23.4. The largest absolute Gasteiger partial charge is 0.301 e. The maximum atomic E-state index is 2.61. The standard InChI is InChI=1S/C12H26N2.C12H25N.2C11H23N.C10H22N2/c1-11(2)13-7-6-8-14(10-9-13)12(3,4)5;1-11(2,3)10-7-8-13(9-10)12(4,5)6;3*1-9(2)11-5-7-12(8-6-11)10(3)4/h11H,6-10H2,1-5H3;10H,7-9H2,1-6H3;2*9-11H,5-8H2,1-4H3;9-10H,5-8H2,1-4H3. The first kappa shape index (κ1) is 60.7. The minimum absolute atomic E-state index is 0.340. The molecule has 5 saturated heterocycles. The zero-order valence-electron chi connectivity index (χ0n) is 47.5. The SMILES string of the molecule is CC(C)(C)C1CCN(C(C)(C)C)C1.CC(C)C1CCN(C(C)C)CC1.CC(C)C1CCN(C(C)C)CC1.CC(C)N1CCCN(C(C)(C)C)CC1.CC(C)N1CCN(C(C)C)CC1. The summed E-state index contributed by atoms with van der Waals surface area (Å²) in [5.41, 5.74) is 1.19. The maximum absolute atomic E-state index is 2.61. The molecule has 7 heteroatoms. The van der Waals surface area contributed by atoms with E-state index in [4.69, 9.17) is 0 Å². The van der Waals surface area contributed by atoms with Crippen LogP contribution < -0.4 is 0 Å². The molecule has 7 nitrogen and oxygen atoms in total. The lowest BCUT2D eigenvalue weighted by atomic mass is 9.80. The lowest BCUT2D eigenvalue weighted by Crippen LogP contribution is -2.50. The van der Waals surface area contributed by atoms with Crippen LogP contribution in [0.25, 0.3) is 0 Å². The van der Waals surface area contributed by atoms with E-state index in [2.05, 4.69) is 194 Å². The van der Waals surface area contributed by atoms with Crippen LogP contribution in [0.4, 0.5) is 0 Å². The Balaban J connectivity index is 0.000000394. The van der Waals surface area contributed by atoms with Gasteiger partial charge in [0.2, 0.25) is 0 Å². The lowest BCUT2D eigenvalue weighted by Gasteiger charge is -2.38. The van der Waals surface area contributed by atoms with Crippen molar-refractivity contribution in [1.82, 2.24) is 34.3 Å². The summed E-state index contributed by atoms with van der Waals surface area (Å²) in [6.07, 6.45) is 8.34. The fourth-order valence-corrected chi connectivity index (χ4v) is 10.2. The molecular weight excluding hydrogens is 771 g/mol. The fraction of sp³-hybridized carbons (Fsp3) is 1.00. The predicted molar refractivity (Wildman–Crippen MR) is 283 cm³/mol. The molecule has 0 aromatic rings. The van der Waals surface area contributed by atoms with E-state index in [-0.39, 0.29) is 0 Å². The molecule has 5 aliphatic heterocycles. The maximum Gasteiger partial charge on any atom is 0.0125 e. The second-order valence-electron chi connectivity index (χ2n) is 25.8. The molecule has 0 aliphatic carbocycles. The summed E-state index contributed by atoms with van der Waals surface area (Å²) in [4.78, 5) is 18.1. The van der Waals surface area contributed by atoms with E-state index in [0.717, 1.165) is 53.8 Å². The highest BCUT2D eigenvalue weighted by molar-refractivity contribution is 4.89. The van der Waals surface area contributed by atoms with Crippen molar-refractivity contribution < 1.29 is 0 Å². The lowest BCUT2D eigenvalue weighted by molar-refractivity contribution is 0.0887. The summed E-state index contributed by atoms with van der Waals surface area (Å²) in [6.45, 7) is 71.2. The predicted octanol–water partition coefficient (Wildman–Crippen LogP) is 12.3. The minimum atomic E-state index is 0.340. The van der Waals surface area contributed by atoms with Crippen molar-refractivity contribution in [3.8, 4) is 0 Å². The van der Waals surface area contributed by atoms with Crippen LogP contribution in [0.15, 0.2) is 0 Å². The Kier molecular flexibility index (Phi) is 27.9. The molecule has 5 aliphatic rings. The number of piperidine rings is 2. The molecule has 378 valence electrons. The van der Waals surface area contributed by atoms with Gasteiger partial charge in [-0.2, -0.15) is 0 Å². The van der Waals surface area contributed by atoms with E-state index in [1.165, 1.54) is 130 Å². The number of rotatable bonds is 7. The molecule has 0 saturated carbocycles. The van der Waals surface area contributed by atoms with E-state index in [1.807, 2.05) is 0 Å². The van der Waals surface area contributed by atoms with Gasteiger partial charge in [0.05, 0.1) is 0 Å². The first-order valence-electron chi connectivity index (χ1n) is 27.2. The Morgan fingerprint density at radius 1 is 0.317 bits per heavy atom. The Labute approximate surface area is 398 Å². The number of hydrogen-bond donors (Lipinski definition) is 0. The average Bonchev–Trinajstić information content (AvgIpc) is 3.59. The number of likely N-dealkylation sites (tertiary alicyclic amines) is 3. The molecule has 1 atom stereocenters. The van der Waals surface area contributed by atoms with Crippen molar-refractivity contribution in [3.63, 3.8) is 0 Å². The van der Waals surface area contributed by atoms with E-state index in [1.54, 1.807) is 0 Å². The molecule has 5 heterocycles. The van der Waals surface area contributed by atoms with E-state index in [0.29, 0.717) is 22.5 Å². The van der Waals surface area contributed by atoms with Crippen LogP contribution in [0.5, 0.6) is 0 Å². The summed E-state index contributed by atoms with van der Waals surface area (Å²) in [6, 6.07) is 3.64. The topological polar surface area (TPSA) is 22.7 Å². The van der Waals surface area contributed by atoms with Crippen molar-refractivity contribution in [3.05, 3.63) is 0 Å². The van der Waals surface area contributed by atoms with Crippen molar-refractivity contribution in [2.45, 2.75) is 239 Å². The van der Waals surface area contributed by atoms with Gasteiger partial charge in [0.15, 0.2) is 0 Å². The third-order valence-electron chi connectivity index (χ3n) is 15.9. The molecule has 63 heavy (non-hydrogen) atoms. The molecule has 1 unspecified atom stereocenters. The van der Waals surface area contributed by atoms with Crippen molar-refractivity contribution in [2.24, 2.45) is 35.0 Å². The zero-order valence-corrected chi connectivity index (χ0v) is 47.5. The molecule has 0 bridgehead atoms. The molecule has 0 spiro atoms. The van der Waals surface area contributed by atoms with Gasteiger partial charge in [0, 0.05) is 87.1 Å². The third kappa shape index (κ3) is 24.0. The van der Waals surface area contributed by atoms with Crippen LogP contribution in [0.2, 0.25) is 0 Å². The molecule has 0 amide bonds. The van der Waals surface area contributed by atoms with Crippen LogP contribution in [0, 0.1) is 35.0 Å². The van der Waals surface area contributed by atoms with Crippen LogP contribution in [0.3, 0.4) is 0 Å². The van der Waals surface area contributed by atoms with Crippen LogP contribution in [-0.2, 0) is 0 Å². The summed E-state index contributed by atoms with van der Waals surface area (Å²) in [7, 11) is 0. The smallest absolute Gasteiger partial charge is 0.0125 e. The van der Waals surface area contributed by atoms with Crippen LogP contribution in [-0.4, -0.2) is 167 Å². The van der Waals surface area contributed by atoms with Gasteiger partial charge in [-0.25, -0.2) is 0 Å². The Hall–Kier alpha value is -0.280. The molecule has 0 aromatic carbocycles. The molecular formula is C56H119N7. The van der Waals surface area contributed by atoms with Crippen molar-refractivity contribution in [1.29, 1.82) is 0 Å². The molecule has 5 fully saturated rings. The molecule has 5 rings (SSSR count). The monoisotopic (exact) mass is 890 g/mol. The Morgan fingerprint density at radius 2 is 0.619 bits per heavy atom. The first-order valence-corrected chi connectivity index (χ1v) is 27.2. The Bertz CT molecular complexity index is 974. The minimum Gasteiger partial charge on any atom is -0.301 e. The van der Waals surface area contributed by atoms with Gasteiger partial charge in [0.25, 0.3) is 0 Å². The highest BCUT2D eigenvalue weighted by Crippen LogP contribution is 2.36. The van der Waals surface area contributed by atoms with Crippen LogP contribution in [0.1, 0.15) is 198 Å². The number of piperazine rings is 1. The average molecular weight is 891 g/mol. The summed E-state index contributed by atoms with van der Waals surface area (Å²) >= 11 is 0. The van der Waals surface area contributed by atoms with Gasteiger partial charge in [-0.05, 0) is 230 Å². The first-order chi connectivity index (χ1) is 28.9. The Morgan fingerprint density at radius 3 is 0.873 bits per heavy atom. The molecule has 0 radical (unpaired) electrons. The highest BCUT2D eigenvalue weighted by atomic mass is 15.3. The number of hydrogen-bond acceptors (Lipinski definition) is 7. The zero-order chi connectivity index (χ0) is 48.5. The summed E-state index contributed by atoms with van der Waals surface area (Å²) < 4.78 is 0. The summed E-state index contributed by atoms with van der Waals surface area (Å²) in [5.74, 6) is 4.63. The van der Waals surface area contributed by atoms with Crippen molar-refractivity contribution in [2.75, 3.05) is 91.6 Å². The van der Waals surface area contributed by atoms with E-state index in [9.17, 15) is 0 Å². The number of nitrogens with zero attached hydrogens (tertiary/aromatic N) is 7. The van der Waals surface area contributed by atoms with Gasteiger partial charge in [-0.1, -0.05) is 48.5 Å². The van der Waals surface area contributed by atoms with Gasteiger partial charge in [0.1, 0.15) is 0 Å². The fourth-order valence-electron chi connectivity index (χ4n) is 10.2. The van der Waals surface area contributed by atoms with Gasteiger partial charge in [-0.15, -0.1) is 0 Å². The molecule has 0 N–H and O–H groups in total. The quantitative estimate of drug-likeness (QED) is 0.251. The van der Waals surface area contributed by atoms with Crippen LogP contribution >= 0.6 is 0 Å². The second-order valence-corrected chi connectivity index (χ2v) is 25.8. The summed E-state index contributed by atoms with van der Waals surface area (Å²) in [5, 5.41) is 0. The van der Waals surface area contributed by atoms with E-state index >= 15 is 0 Å². The van der Waals surface area contributed by atoms with Gasteiger partial charge < -0.3 is 9.80 Å². The van der Waals surface area contributed by atoms with E-state index < -0.39 is 0 Å². The third-order valence-corrected chi connectivity index (χ3v) is 15.9. The van der Waals surface area contributed by atoms with Gasteiger partial charge >= 0.3 is 0 Å².